The minimum absolute atomic E-state index is 0.670. The number of nitrogens with zero attached hydrogens (tertiary/aromatic N) is 2. The van der Waals surface area contributed by atoms with Crippen molar-refractivity contribution in [3.63, 3.8) is 0 Å². The Balaban J connectivity index is 1.35. The Bertz CT molecular complexity index is 1450. The van der Waals surface area contributed by atoms with Gasteiger partial charge in [0.2, 0.25) is 0 Å². The lowest BCUT2D eigenvalue weighted by Gasteiger charge is -2.38. The molecule has 4 aromatic rings. The van der Waals surface area contributed by atoms with Crippen molar-refractivity contribution < 1.29 is 4.74 Å². The third-order valence-corrected chi connectivity index (χ3v) is 8.70. The first kappa shape index (κ1) is 23.4. The molecule has 2 saturated heterocycles. The zero-order chi connectivity index (χ0) is 25.4. The van der Waals surface area contributed by atoms with Gasteiger partial charge in [0.05, 0.1) is 0 Å². The molecule has 0 spiro atoms. The van der Waals surface area contributed by atoms with Crippen LogP contribution in [0.15, 0.2) is 91.0 Å². The van der Waals surface area contributed by atoms with Gasteiger partial charge in [0.15, 0.2) is 5.60 Å². The van der Waals surface area contributed by atoms with Gasteiger partial charge >= 0.3 is 0 Å². The van der Waals surface area contributed by atoms with E-state index in [4.69, 9.17) is 4.74 Å². The second-order valence-electron chi connectivity index (χ2n) is 11.0. The highest BCUT2D eigenvalue weighted by Crippen LogP contribution is 2.47. The van der Waals surface area contributed by atoms with Gasteiger partial charge in [-0.25, -0.2) is 0 Å². The van der Waals surface area contributed by atoms with Crippen molar-refractivity contribution in [1.29, 1.82) is 0 Å². The highest BCUT2D eigenvalue weighted by Gasteiger charge is 2.38. The van der Waals surface area contributed by atoms with E-state index in [1.54, 1.807) is 0 Å². The Morgan fingerprint density at radius 1 is 0.579 bits per heavy atom. The van der Waals surface area contributed by atoms with Gasteiger partial charge < -0.3 is 14.5 Å². The molecule has 0 aliphatic carbocycles. The monoisotopic (exact) mass is 500 g/mol. The van der Waals surface area contributed by atoms with Gasteiger partial charge in [-0.05, 0) is 68.2 Å². The van der Waals surface area contributed by atoms with Crippen molar-refractivity contribution in [2.75, 3.05) is 36.0 Å². The summed E-state index contributed by atoms with van der Waals surface area (Å²) in [5.74, 6) is 0.968. The van der Waals surface area contributed by atoms with Crippen LogP contribution in [0.1, 0.15) is 55.2 Å². The summed E-state index contributed by atoms with van der Waals surface area (Å²) < 4.78 is 7.19. The van der Waals surface area contributed by atoms with E-state index in [1.165, 1.54) is 71.8 Å². The second kappa shape index (κ2) is 9.87. The summed E-state index contributed by atoms with van der Waals surface area (Å²) in [7, 11) is 0. The first-order chi connectivity index (χ1) is 18.8. The van der Waals surface area contributed by atoms with Crippen LogP contribution in [0.5, 0.6) is 5.75 Å². The first-order valence-corrected chi connectivity index (χ1v) is 14.4. The van der Waals surface area contributed by atoms with E-state index in [2.05, 4.69) is 107 Å². The summed E-state index contributed by atoms with van der Waals surface area (Å²) in [5, 5.41) is 2.59. The maximum atomic E-state index is 7.19. The Morgan fingerprint density at radius 2 is 1.18 bits per heavy atom. The van der Waals surface area contributed by atoms with Crippen molar-refractivity contribution in [2.45, 2.75) is 44.1 Å². The minimum atomic E-state index is -0.670. The minimum Gasteiger partial charge on any atom is -0.473 e. The average Bonchev–Trinajstić information content (AvgIpc) is 3.02. The highest BCUT2D eigenvalue weighted by molar-refractivity contribution is 6.02. The molecule has 0 amide bonds. The smallest absolute Gasteiger partial charge is 0.178 e. The maximum absolute atomic E-state index is 7.19. The molecule has 3 aliphatic rings. The summed E-state index contributed by atoms with van der Waals surface area (Å²) in [6.07, 6.45) is 12.3. The van der Waals surface area contributed by atoms with Gasteiger partial charge in [-0.3, -0.25) is 0 Å². The number of anilines is 2. The zero-order valence-corrected chi connectivity index (χ0v) is 22.1. The molecular weight excluding hydrogens is 464 g/mol. The van der Waals surface area contributed by atoms with Crippen LogP contribution in [0.3, 0.4) is 0 Å². The molecule has 3 heterocycles. The quantitative estimate of drug-likeness (QED) is 0.281. The number of rotatable bonds is 4. The molecule has 3 nitrogen and oxygen atoms in total. The van der Waals surface area contributed by atoms with Crippen LogP contribution in [0.25, 0.3) is 16.8 Å². The molecule has 3 aliphatic heterocycles. The lowest BCUT2D eigenvalue weighted by atomic mass is 9.83. The average molecular weight is 501 g/mol. The summed E-state index contributed by atoms with van der Waals surface area (Å²) in [6.45, 7) is 4.53. The third-order valence-electron chi connectivity index (χ3n) is 8.70. The first-order valence-electron chi connectivity index (χ1n) is 14.4. The molecule has 0 N–H and O–H groups in total. The molecule has 0 bridgehead atoms. The molecule has 3 heteroatoms. The van der Waals surface area contributed by atoms with Crippen molar-refractivity contribution in [3.05, 3.63) is 108 Å². The van der Waals surface area contributed by atoms with E-state index < -0.39 is 5.60 Å². The standard InChI is InChI=1S/C35H36N2O/c1-4-12-27(13-5-1)35(28-16-18-29(19-17-28)36-22-8-2-9-23-36)21-20-32-30-14-6-7-15-31(30)33(26-34(32)38-35)37-24-10-3-11-25-37/h1,4-7,12-21,26H,2-3,8-11,22-25H2. The van der Waals surface area contributed by atoms with E-state index in [9.17, 15) is 0 Å². The molecule has 0 radical (unpaired) electrons. The van der Waals surface area contributed by atoms with Gasteiger partial charge in [-0.1, -0.05) is 66.7 Å². The Labute approximate surface area is 226 Å². The molecule has 192 valence electrons. The van der Waals surface area contributed by atoms with E-state index in [0.717, 1.165) is 37.5 Å². The molecule has 1 atom stereocenters. The maximum Gasteiger partial charge on any atom is 0.178 e. The lowest BCUT2D eigenvalue weighted by Crippen LogP contribution is -2.35. The predicted octanol–water partition coefficient (Wildman–Crippen LogP) is 8.17. The third kappa shape index (κ3) is 4.05. The van der Waals surface area contributed by atoms with Crippen molar-refractivity contribution >= 4 is 28.2 Å². The summed E-state index contributed by atoms with van der Waals surface area (Å²) in [4.78, 5) is 5.08. The zero-order valence-electron chi connectivity index (χ0n) is 22.1. The molecule has 4 aromatic carbocycles. The number of ether oxygens (including phenoxy) is 1. The number of hydrogen-bond acceptors (Lipinski definition) is 3. The highest BCUT2D eigenvalue weighted by atomic mass is 16.5. The molecule has 7 rings (SSSR count). The number of fused-ring (bicyclic) bond motifs is 3. The summed E-state index contributed by atoms with van der Waals surface area (Å²) in [5.41, 5.74) is 5.44. The SMILES string of the molecule is C1=CC(c2ccccc2)(c2ccc(N3CCCCC3)cc2)Oc2cc(N3CCCCC3)c3ccccc3c21. The van der Waals surface area contributed by atoms with Gasteiger partial charge in [-0.15, -0.1) is 0 Å². The fourth-order valence-corrected chi connectivity index (χ4v) is 6.65. The van der Waals surface area contributed by atoms with Crippen molar-refractivity contribution in [2.24, 2.45) is 0 Å². The van der Waals surface area contributed by atoms with Crippen molar-refractivity contribution in [3.8, 4) is 5.75 Å². The summed E-state index contributed by atoms with van der Waals surface area (Å²) >= 11 is 0. The second-order valence-corrected chi connectivity index (χ2v) is 11.0. The molecule has 0 saturated carbocycles. The largest absolute Gasteiger partial charge is 0.473 e. The van der Waals surface area contributed by atoms with Gasteiger partial charge in [0.25, 0.3) is 0 Å². The Morgan fingerprint density at radius 3 is 1.89 bits per heavy atom. The topological polar surface area (TPSA) is 15.7 Å². The number of hydrogen-bond donors (Lipinski definition) is 0. The number of piperidine rings is 2. The predicted molar refractivity (Wildman–Crippen MR) is 159 cm³/mol. The molecule has 1 unspecified atom stereocenters. The van der Waals surface area contributed by atoms with Crippen LogP contribution in [0.2, 0.25) is 0 Å². The van der Waals surface area contributed by atoms with Crippen LogP contribution in [-0.2, 0) is 5.60 Å². The van der Waals surface area contributed by atoms with Crippen LogP contribution >= 0.6 is 0 Å². The fraction of sp³-hybridized carbons (Fsp3) is 0.314. The molecule has 2 fully saturated rings. The Hall–Kier alpha value is -3.72. The van der Waals surface area contributed by atoms with Gasteiger partial charge in [0.1, 0.15) is 5.75 Å². The Kier molecular flexibility index (Phi) is 6.08. The van der Waals surface area contributed by atoms with E-state index in [0.29, 0.717) is 0 Å². The van der Waals surface area contributed by atoms with Gasteiger partial charge in [-0.2, -0.15) is 0 Å². The molecular formula is C35H36N2O. The molecule has 0 aromatic heterocycles. The fourth-order valence-electron chi connectivity index (χ4n) is 6.65. The van der Waals surface area contributed by atoms with E-state index >= 15 is 0 Å². The van der Waals surface area contributed by atoms with E-state index in [-0.39, 0.29) is 0 Å². The van der Waals surface area contributed by atoms with E-state index in [1.807, 2.05) is 0 Å². The van der Waals surface area contributed by atoms with Crippen LogP contribution in [-0.4, -0.2) is 26.2 Å². The van der Waals surface area contributed by atoms with Crippen molar-refractivity contribution in [1.82, 2.24) is 0 Å². The normalized spacial score (nSPS) is 21.3. The van der Waals surface area contributed by atoms with Crippen LogP contribution < -0.4 is 14.5 Å². The molecule has 38 heavy (non-hydrogen) atoms. The number of benzene rings is 4. The van der Waals surface area contributed by atoms with Crippen LogP contribution in [0.4, 0.5) is 11.4 Å². The summed E-state index contributed by atoms with van der Waals surface area (Å²) in [6, 6.07) is 31.0. The van der Waals surface area contributed by atoms with Gasteiger partial charge in [0, 0.05) is 65.7 Å². The van der Waals surface area contributed by atoms with Crippen LogP contribution in [0, 0.1) is 0 Å². The lowest BCUT2D eigenvalue weighted by molar-refractivity contribution is 0.161.